The number of rotatable bonds is 3. The average molecular weight is 260 g/mol. The predicted octanol–water partition coefficient (Wildman–Crippen LogP) is 3.11. The summed E-state index contributed by atoms with van der Waals surface area (Å²) < 4.78 is 0. The Hall–Kier alpha value is -2.93. The second-order valence-corrected chi connectivity index (χ2v) is 4.36. The number of hydrogen-bond donors (Lipinski definition) is 1. The molecule has 3 aromatic rings. The zero-order valence-electron chi connectivity index (χ0n) is 10.7. The van der Waals surface area contributed by atoms with Crippen LogP contribution in [0.1, 0.15) is 11.3 Å². The number of benzene rings is 2. The molecule has 3 rings (SSSR count). The highest BCUT2D eigenvalue weighted by molar-refractivity contribution is 5.73. The van der Waals surface area contributed by atoms with Crippen molar-refractivity contribution in [3.05, 3.63) is 66.0 Å². The van der Waals surface area contributed by atoms with Crippen molar-refractivity contribution >= 4 is 16.7 Å². The molecule has 0 unspecified atom stereocenters. The highest BCUT2D eigenvalue weighted by Gasteiger charge is 2.02. The van der Waals surface area contributed by atoms with E-state index < -0.39 is 0 Å². The zero-order valence-corrected chi connectivity index (χ0v) is 10.7. The molecular formula is C16H12N4. The number of nitrogens with one attached hydrogen (secondary N) is 1. The third-order valence-electron chi connectivity index (χ3n) is 3.01. The number of fused-ring (bicyclic) bond motifs is 1. The lowest BCUT2D eigenvalue weighted by atomic mass is 10.2. The standard InChI is InChI=1S/C16H12N4/c17-9-12-5-1-2-6-14(12)18-10-13-11-19-15-7-3-4-8-16(15)20-13/h1-8,11,18H,10H2. The van der Waals surface area contributed by atoms with E-state index in [0.717, 1.165) is 22.4 Å². The van der Waals surface area contributed by atoms with Gasteiger partial charge in [0.1, 0.15) is 6.07 Å². The first-order chi connectivity index (χ1) is 9.86. The molecule has 4 heteroatoms. The molecule has 0 saturated carbocycles. The summed E-state index contributed by atoms with van der Waals surface area (Å²) in [5.74, 6) is 0. The van der Waals surface area contributed by atoms with Crippen molar-refractivity contribution in [3.8, 4) is 6.07 Å². The molecule has 0 aliphatic heterocycles. The summed E-state index contributed by atoms with van der Waals surface area (Å²) in [6.07, 6.45) is 1.75. The summed E-state index contributed by atoms with van der Waals surface area (Å²) in [6.45, 7) is 0.538. The van der Waals surface area contributed by atoms with Crippen LogP contribution in [-0.2, 0) is 6.54 Å². The number of para-hydroxylation sites is 3. The molecule has 0 saturated heterocycles. The van der Waals surface area contributed by atoms with Crippen molar-refractivity contribution in [3.63, 3.8) is 0 Å². The SMILES string of the molecule is N#Cc1ccccc1NCc1cnc2ccccc2n1. The Balaban J connectivity index is 1.82. The largest absolute Gasteiger partial charge is 0.378 e. The molecule has 0 fully saturated rings. The van der Waals surface area contributed by atoms with E-state index in [0.29, 0.717) is 12.1 Å². The predicted molar refractivity (Wildman–Crippen MR) is 78.0 cm³/mol. The number of anilines is 1. The van der Waals surface area contributed by atoms with Crippen molar-refractivity contribution in [2.24, 2.45) is 0 Å². The van der Waals surface area contributed by atoms with E-state index in [9.17, 15) is 0 Å². The Morgan fingerprint density at radius 2 is 1.75 bits per heavy atom. The Bertz CT molecular complexity index is 790. The summed E-state index contributed by atoms with van der Waals surface area (Å²) in [5, 5.41) is 12.3. The van der Waals surface area contributed by atoms with Gasteiger partial charge in [0.25, 0.3) is 0 Å². The molecule has 0 aliphatic carbocycles. The molecule has 0 bridgehead atoms. The Morgan fingerprint density at radius 1 is 1.00 bits per heavy atom. The molecule has 1 heterocycles. The summed E-state index contributed by atoms with van der Waals surface area (Å²) in [5.41, 5.74) is 4.04. The van der Waals surface area contributed by atoms with Gasteiger partial charge in [-0.05, 0) is 24.3 Å². The van der Waals surface area contributed by atoms with E-state index in [1.165, 1.54) is 0 Å². The molecule has 0 atom stereocenters. The minimum absolute atomic E-state index is 0.538. The van der Waals surface area contributed by atoms with E-state index in [2.05, 4.69) is 21.4 Å². The van der Waals surface area contributed by atoms with Crippen LogP contribution in [-0.4, -0.2) is 9.97 Å². The quantitative estimate of drug-likeness (QED) is 0.786. The highest BCUT2D eigenvalue weighted by atomic mass is 14.9. The Kier molecular flexibility index (Phi) is 3.25. The monoisotopic (exact) mass is 260 g/mol. The number of hydrogen-bond acceptors (Lipinski definition) is 4. The van der Waals surface area contributed by atoms with E-state index in [1.807, 2.05) is 42.5 Å². The lowest BCUT2D eigenvalue weighted by Crippen LogP contribution is -2.03. The van der Waals surface area contributed by atoms with Crippen LogP contribution in [0.25, 0.3) is 11.0 Å². The normalized spacial score (nSPS) is 10.2. The van der Waals surface area contributed by atoms with Crippen LogP contribution in [0.2, 0.25) is 0 Å². The van der Waals surface area contributed by atoms with Gasteiger partial charge in [-0.1, -0.05) is 24.3 Å². The van der Waals surface area contributed by atoms with E-state index >= 15 is 0 Å². The average Bonchev–Trinajstić information content (AvgIpc) is 2.53. The molecule has 96 valence electrons. The minimum Gasteiger partial charge on any atom is -0.378 e. The summed E-state index contributed by atoms with van der Waals surface area (Å²) >= 11 is 0. The molecule has 0 radical (unpaired) electrons. The second kappa shape index (κ2) is 5.37. The Morgan fingerprint density at radius 3 is 2.60 bits per heavy atom. The fraction of sp³-hybridized carbons (Fsp3) is 0.0625. The molecular weight excluding hydrogens is 248 g/mol. The van der Waals surface area contributed by atoms with Gasteiger partial charge < -0.3 is 5.32 Å². The molecule has 2 aromatic carbocycles. The van der Waals surface area contributed by atoms with Gasteiger partial charge in [0.2, 0.25) is 0 Å². The molecule has 0 aliphatic rings. The summed E-state index contributed by atoms with van der Waals surface area (Å²) in [7, 11) is 0. The maximum atomic E-state index is 9.04. The summed E-state index contributed by atoms with van der Waals surface area (Å²) in [6, 6.07) is 17.3. The van der Waals surface area contributed by atoms with Crippen LogP contribution in [0.15, 0.2) is 54.7 Å². The number of aromatic nitrogens is 2. The lowest BCUT2D eigenvalue weighted by molar-refractivity contribution is 1.04. The first kappa shape index (κ1) is 12.1. The lowest BCUT2D eigenvalue weighted by Gasteiger charge is -2.07. The molecule has 1 aromatic heterocycles. The number of nitrogens with zero attached hydrogens (tertiary/aromatic N) is 3. The molecule has 0 amide bonds. The molecule has 20 heavy (non-hydrogen) atoms. The third-order valence-corrected chi connectivity index (χ3v) is 3.01. The molecule has 4 nitrogen and oxygen atoms in total. The van der Waals surface area contributed by atoms with Gasteiger partial charge in [-0.2, -0.15) is 5.26 Å². The fourth-order valence-electron chi connectivity index (χ4n) is 2.00. The van der Waals surface area contributed by atoms with Gasteiger partial charge in [0, 0.05) is 0 Å². The van der Waals surface area contributed by atoms with Crippen LogP contribution < -0.4 is 5.32 Å². The van der Waals surface area contributed by atoms with Gasteiger partial charge >= 0.3 is 0 Å². The van der Waals surface area contributed by atoms with Crippen molar-refractivity contribution in [2.75, 3.05) is 5.32 Å². The van der Waals surface area contributed by atoms with Gasteiger partial charge in [0.15, 0.2) is 0 Å². The van der Waals surface area contributed by atoms with Crippen LogP contribution in [0.5, 0.6) is 0 Å². The van der Waals surface area contributed by atoms with Crippen LogP contribution in [0, 0.1) is 11.3 Å². The highest BCUT2D eigenvalue weighted by Crippen LogP contribution is 2.15. The molecule has 0 spiro atoms. The van der Waals surface area contributed by atoms with Crippen LogP contribution in [0.3, 0.4) is 0 Å². The van der Waals surface area contributed by atoms with Crippen LogP contribution >= 0.6 is 0 Å². The number of nitriles is 1. The van der Waals surface area contributed by atoms with Gasteiger partial charge in [-0.25, -0.2) is 4.98 Å². The van der Waals surface area contributed by atoms with E-state index in [4.69, 9.17) is 5.26 Å². The van der Waals surface area contributed by atoms with Gasteiger partial charge in [-0.3, -0.25) is 4.98 Å². The molecule has 1 N–H and O–H groups in total. The van der Waals surface area contributed by atoms with Crippen molar-refractivity contribution < 1.29 is 0 Å². The van der Waals surface area contributed by atoms with Gasteiger partial charge in [-0.15, -0.1) is 0 Å². The van der Waals surface area contributed by atoms with E-state index in [1.54, 1.807) is 12.3 Å². The minimum atomic E-state index is 0.538. The van der Waals surface area contributed by atoms with Crippen molar-refractivity contribution in [2.45, 2.75) is 6.54 Å². The smallest absolute Gasteiger partial charge is 0.101 e. The maximum Gasteiger partial charge on any atom is 0.101 e. The first-order valence-corrected chi connectivity index (χ1v) is 6.30. The van der Waals surface area contributed by atoms with Crippen molar-refractivity contribution in [1.82, 2.24) is 9.97 Å². The zero-order chi connectivity index (χ0) is 13.8. The van der Waals surface area contributed by atoms with E-state index in [-0.39, 0.29) is 0 Å². The summed E-state index contributed by atoms with van der Waals surface area (Å²) in [4.78, 5) is 8.91. The fourth-order valence-corrected chi connectivity index (χ4v) is 2.00. The second-order valence-electron chi connectivity index (χ2n) is 4.36. The van der Waals surface area contributed by atoms with Gasteiger partial charge in [0.05, 0.1) is 40.7 Å². The maximum absolute atomic E-state index is 9.04. The van der Waals surface area contributed by atoms with Crippen LogP contribution in [0.4, 0.5) is 5.69 Å². The Labute approximate surface area is 116 Å². The third kappa shape index (κ3) is 2.43. The van der Waals surface area contributed by atoms with Crippen molar-refractivity contribution in [1.29, 1.82) is 5.26 Å². The first-order valence-electron chi connectivity index (χ1n) is 6.30. The topological polar surface area (TPSA) is 61.6 Å².